The van der Waals surface area contributed by atoms with Crippen molar-refractivity contribution in [2.24, 2.45) is 4.99 Å². The number of aromatic nitrogens is 1. The molecule has 1 aromatic heterocycles. The van der Waals surface area contributed by atoms with E-state index in [1.165, 1.54) is 10.9 Å². The van der Waals surface area contributed by atoms with Crippen molar-refractivity contribution in [1.82, 2.24) is 20.9 Å². The number of hydrogen-bond donors (Lipinski definition) is 3. The molecule has 2 aromatic rings. The molecule has 1 aromatic carbocycles. The molecule has 0 bridgehead atoms. The lowest BCUT2D eigenvalue weighted by Gasteiger charge is -2.12. The number of halogens is 2. The number of carbonyl (C=O) groups is 1. The van der Waals surface area contributed by atoms with E-state index in [0.29, 0.717) is 30.2 Å². The summed E-state index contributed by atoms with van der Waals surface area (Å²) in [5.41, 5.74) is 0.834. The zero-order valence-corrected chi connectivity index (χ0v) is 18.8. The lowest BCUT2D eigenvalue weighted by molar-refractivity contribution is 0.0954. The molecule has 9 heteroatoms. The highest BCUT2D eigenvalue weighted by atomic mass is 127. The van der Waals surface area contributed by atoms with E-state index in [0.717, 1.165) is 18.0 Å². The van der Waals surface area contributed by atoms with Gasteiger partial charge in [0.15, 0.2) is 5.96 Å². The van der Waals surface area contributed by atoms with Gasteiger partial charge in [-0.15, -0.1) is 35.3 Å². The second-order valence-electron chi connectivity index (χ2n) is 5.76. The number of guanidine groups is 1. The van der Waals surface area contributed by atoms with Crippen molar-refractivity contribution in [3.8, 4) is 0 Å². The Labute approximate surface area is 180 Å². The van der Waals surface area contributed by atoms with Gasteiger partial charge in [-0.05, 0) is 31.5 Å². The van der Waals surface area contributed by atoms with Gasteiger partial charge in [-0.1, -0.05) is 6.07 Å². The van der Waals surface area contributed by atoms with Gasteiger partial charge in [-0.3, -0.25) is 9.79 Å². The lowest BCUT2D eigenvalue weighted by atomic mass is 10.1. The summed E-state index contributed by atoms with van der Waals surface area (Å²) in [5, 5.41) is 10.2. The van der Waals surface area contributed by atoms with Crippen LogP contribution in [0.5, 0.6) is 0 Å². The summed E-state index contributed by atoms with van der Waals surface area (Å²) in [4.78, 5) is 21.7. The standard InChI is InChI=1S/C18H24FN5OS.HI/c1-12-4-5-14(10-15(12)19)17(25)21-8-9-23-18(20-3)22-7-6-16-24-11-13(2)26-16;/h4-5,10-11H,6-9H2,1-3H3,(H,21,25)(H2,20,22,23);1H. The molecule has 0 spiro atoms. The fourth-order valence-corrected chi connectivity index (χ4v) is 3.01. The van der Waals surface area contributed by atoms with Gasteiger partial charge < -0.3 is 16.0 Å². The number of nitrogens with one attached hydrogen (secondary N) is 3. The molecule has 0 aliphatic rings. The smallest absolute Gasteiger partial charge is 0.251 e. The van der Waals surface area contributed by atoms with Crippen LogP contribution in [0.4, 0.5) is 4.39 Å². The minimum absolute atomic E-state index is 0. The molecule has 6 nitrogen and oxygen atoms in total. The first kappa shape index (κ1) is 23.3. The van der Waals surface area contributed by atoms with Crippen molar-refractivity contribution in [3.05, 3.63) is 51.2 Å². The Bertz CT molecular complexity index is 781. The monoisotopic (exact) mass is 505 g/mol. The molecule has 1 heterocycles. The first-order valence-corrected chi connectivity index (χ1v) is 9.21. The number of benzene rings is 1. The minimum atomic E-state index is -0.379. The van der Waals surface area contributed by atoms with Gasteiger partial charge in [0.2, 0.25) is 0 Å². The number of carbonyl (C=O) groups excluding carboxylic acids is 1. The maximum Gasteiger partial charge on any atom is 0.251 e. The second kappa shape index (κ2) is 11.9. The van der Waals surface area contributed by atoms with Crippen LogP contribution in [-0.2, 0) is 6.42 Å². The largest absolute Gasteiger partial charge is 0.356 e. The zero-order valence-electron chi connectivity index (χ0n) is 15.6. The van der Waals surface area contributed by atoms with E-state index in [1.807, 2.05) is 13.1 Å². The lowest BCUT2D eigenvalue weighted by Crippen LogP contribution is -2.42. The topological polar surface area (TPSA) is 78.4 Å². The van der Waals surface area contributed by atoms with Gasteiger partial charge in [0.1, 0.15) is 5.82 Å². The Kier molecular flexibility index (Phi) is 10.2. The highest BCUT2D eigenvalue weighted by Crippen LogP contribution is 2.11. The number of rotatable bonds is 7. The molecule has 3 N–H and O–H groups in total. The summed E-state index contributed by atoms with van der Waals surface area (Å²) in [7, 11) is 1.69. The van der Waals surface area contributed by atoms with Crippen LogP contribution in [-0.4, -0.2) is 43.5 Å². The van der Waals surface area contributed by atoms with E-state index in [1.54, 1.807) is 37.4 Å². The summed E-state index contributed by atoms with van der Waals surface area (Å²) in [6.45, 7) is 5.34. The number of hydrogen-bond acceptors (Lipinski definition) is 4. The molecule has 0 fully saturated rings. The van der Waals surface area contributed by atoms with Crippen molar-refractivity contribution in [1.29, 1.82) is 0 Å². The average molecular weight is 505 g/mol. The maximum atomic E-state index is 13.5. The third-order valence-corrected chi connectivity index (χ3v) is 4.63. The maximum absolute atomic E-state index is 13.5. The SMILES string of the molecule is CN=C(NCCNC(=O)c1ccc(C)c(F)c1)NCCc1ncc(C)s1.I. The van der Waals surface area contributed by atoms with Crippen LogP contribution >= 0.6 is 35.3 Å². The number of aryl methyl sites for hydroxylation is 2. The van der Waals surface area contributed by atoms with E-state index < -0.39 is 0 Å². The van der Waals surface area contributed by atoms with Crippen LogP contribution < -0.4 is 16.0 Å². The van der Waals surface area contributed by atoms with Crippen molar-refractivity contribution < 1.29 is 9.18 Å². The summed E-state index contributed by atoms with van der Waals surface area (Å²) in [5.74, 6) is -0.0162. The minimum Gasteiger partial charge on any atom is -0.356 e. The molecule has 148 valence electrons. The van der Waals surface area contributed by atoms with Gasteiger partial charge in [0.05, 0.1) is 5.01 Å². The van der Waals surface area contributed by atoms with Gasteiger partial charge in [-0.25, -0.2) is 9.37 Å². The van der Waals surface area contributed by atoms with Crippen LogP contribution in [0.1, 0.15) is 25.8 Å². The number of nitrogens with zero attached hydrogens (tertiary/aromatic N) is 2. The van der Waals surface area contributed by atoms with Crippen molar-refractivity contribution >= 4 is 47.2 Å². The Morgan fingerprint density at radius 2 is 1.89 bits per heavy atom. The molecule has 0 atom stereocenters. The molecule has 1 amide bonds. The fraction of sp³-hybridized carbons (Fsp3) is 0.389. The summed E-state index contributed by atoms with van der Waals surface area (Å²) in [6, 6.07) is 4.46. The molecule has 0 saturated carbocycles. The number of amides is 1. The normalized spacial score (nSPS) is 10.9. The second-order valence-corrected chi connectivity index (χ2v) is 7.08. The Morgan fingerprint density at radius 1 is 1.19 bits per heavy atom. The molecular formula is C18H25FIN5OS. The molecule has 0 aliphatic carbocycles. The molecular weight excluding hydrogens is 480 g/mol. The molecule has 0 unspecified atom stereocenters. The third-order valence-electron chi connectivity index (χ3n) is 3.66. The molecule has 27 heavy (non-hydrogen) atoms. The Hall–Kier alpha value is -1.75. The van der Waals surface area contributed by atoms with Crippen LogP contribution in [0, 0.1) is 19.7 Å². The van der Waals surface area contributed by atoms with Gasteiger partial charge in [-0.2, -0.15) is 0 Å². The van der Waals surface area contributed by atoms with E-state index in [4.69, 9.17) is 0 Å². The predicted octanol–water partition coefficient (Wildman–Crippen LogP) is 2.65. The third kappa shape index (κ3) is 7.79. The first-order valence-electron chi connectivity index (χ1n) is 8.39. The van der Waals surface area contributed by atoms with Crippen LogP contribution in [0.2, 0.25) is 0 Å². The van der Waals surface area contributed by atoms with E-state index in [9.17, 15) is 9.18 Å². The van der Waals surface area contributed by atoms with Gasteiger partial charge >= 0.3 is 0 Å². The molecule has 0 aliphatic heterocycles. The van der Waals surface area contributed by atoms with E-state index >= 15 is 0 Å². The van der Waals surface area contributed by atoms with Gasteiger partial charge in [0, 0.05) is 49.7 Å². The molecule has 0 radical (unpaired) electrons. The van der Waals surface area contributed by atoms with E-state index in [-0.39, 0.29) is 35.7 Å². The highest BCUT2D eigenvalue weighted by molar-refractivity contribution is 14.0. The highest BCUT2D eigenvalue weighted by Gasteiger charge is 2.07. The fourth-order valence-electron chi connectivity index (χ4n) is 2.22. The van der Waals surface area contributed by atoms with E-state index in [2.05, 4.69) is 25.9 Å². The van der Waals surface area contributed by atoms with Crippen molar-refractivity contribution in [2.45, 2.75) is 20.3 Å². The summed E-state index contributed by atoms with van der Waals surface area (Å²) >= 11 is 1.69. The van der Waals surface area contributed by atoms with Crippen LogP contribution in [0.15, 0.2) is 29.4 Å². The predicted molar refractivity (Wildman–Crippen MR) is 119 cm³/mol. The zero-order chi connectivity index (χ0) is 18.9. The Balaban J connectivity index is 0.00000364. The van der Waals surface area contributed by atoms with Crippen molar-refractivity contribution in [2.75, 3.05) is 26.7 Å². The number of aliphatic imine (C=N–C) groups is 1. The average Bonchev–Trinajstić information content (AvgIpc) is 3.04. The van der Waals surface area contributed by atoms with Gasteiger partial charge in [0.25, 0.3) is 5.91 Å². The van der Waals surface area contributed by atoms with Crippen LogP contribution in [0.25, 0.3) is 0 Å². The molecule has 0 saturated heterocycles. The van der Waals surface area contributed by atoms with Crippen LogP contribution in [0.3, 0.4) is 0 Å². The first-order chi connectivity index (χ1) is 12.5. The van der Waals surface area contributed by atoms with Crippen molar-refractivity contribution in [3.63, 3.8) is 0 Å². The Morgan fingerprint density at radius 3 is 2.52 bits per heavy atom. The molecule has 2 rings (SSSR count). The summed E-state index contributed by atoms with van der Waals surface area (Å²) in [6.07, 6.45) is 2.70. The summed E-state index contributed by atoms with van der Waals surface area (Å²) < 4.78 is 13.5. The quantitative estimate of drug-likeness (QED) is 0.234. The number of thiazole rings is 1.